The maximum atomic E-state index is 10.4. The van der Waals surface area contributed by atoms with Crippen molar-refractivity contribution in [2.24, 2.45) is 0 Å². The molecule has 0 fully saturated rings. The van der Waals surface area contributed by atoms with Crippen molar-refractivity contribution < 1.29 is 5.11 Å². The SMILES string of the molecule is CCC.Oc1ccc2ccccc2c1-c1cccc2ccccc12. The molecule has 120 valence electrons. The Morgan fingerprint density at radius 3 is 1.88 bits per heavy atom. The summed E-state index contributed by atoms with van der Waals surface area (Å²) in [6.45, 7) is 4.25. The number of hydrogen-bond donors (Lipinski definition) is 1. The van der Waals surface area contributed by atoms with Gasteiger partial charge in [0.25, 0.3) is 0 Å². The smallest absolute Gasteiger partial charge is 0.124 e. The van der Waals surface area contributed by atoms with E-state index in [2.05, 4.69) is 50.2 Å². The molecule has 4 aromatic rings. The minimum Gasteiger partial charge on any atom is -0.507 e. The molecule has 0 aliphatic heterocycles. The Bertz CT molecular complexity index is 964. The van der Waals surface area contributed by atoms with Crippen molar-refractivity contribution in [3.8, 4) is 16.9 Å². The number of rotatable bonds is 1. The van der Waals surface area contributed by atoms with Crippen LogP contribution in [0.4, 0.5) is 0 Å². The van der Waals surface area contributed by atoms with E-state index >= 15 is 0 Å². The van der Waals surface area contributed by atoms with Crippen LogP contribution in [-0.4, -0.2) is 5.11 Å². The van der Waals surface area contributed by atoms with Crippen molar-refractivity contribution in [1.29, 1.82) is 0 Å². The summed E-state index contributed by atoms with van der Waals surface area (Å²) < 4.78 is 0. The van der Waals surface area contributed by atoms with Gasteiger partial charge in [-0.1, -0.05) is 93.1 Å². The molecule has 24 heavy (non-hydrogen) atoms. The fraction of sp³-hybridized carbons (Fsp3) is 0.130. The van der Waals surface area contributed by atoms with Gasteiger partial charge in [0, 0.05) is 5.56 Å². The third kappa shape index (κ3) is 2.98. The lowest BCUT2D eigenvalue weighted by atomic mass is 9.93. The number of phenols is 1. The van der Waals surface area contributed by atoms with E-state index in [4.69, 9.17) is 0 Å². The lowest BCUT2D eigenvalue weighted by Crippen LogP contribution is -1.85. The van der Waals surface area contributed by atoms with Crippen molar-refractivity contribution in [1.82, 2.24) is 0 Å². The number of phenolic OH excluding ortho intramolecular Hbond substituents is 1. The molecule has 0 saturated carbocycles. The minimum absolute atomic E-state index is 0.324. The average Bonchev–Trinajstić information content (AvgIpc) is 2.62. The van der Waals surface area contributed by atoms with Gasteiger partial charge in [-0.25, -0.2) is 0 Å². The Kier molecular flexibility index (Phi) is 4.81. The summed E-state index contributed by atoms with van der Waals surface area (Å²) in [5.41, 5.74) is 1.98. The fourth-order valence-corrected chi connectivity index (χ4v) is 2.99. The van der Waals surface area contributed by atoms with E-state index in [1.54, 1.807) is 6.07 Å². The van der Waals surface area contributed by atoms with Gasteiger partial charge in [0.05, 0.1) is 0 Å². The Labute approximate surface area is 143 Å². The Morgan fingerprint density at radius 2 is 1.17 bits per heavy atom. The molecule has 1 heteroatoms. The molecule has 0 bridgehead atoms. The van der Waals surface area contributed by atoms with Crippen LogP contribution in [-0.2, 0) is 0 Å². The first-order chi connectivity index (χ1) is 11.8. The van der Waals surface area contributed by atoms with Gasteiger partial charge in [0.1, 0.15) is 5.75 Å². The number of aromatic hydroxyl groups is 1. The van der Waals surface area contributed by atoms with Crippen molar-refractivity contribution in [2.45, 2.75) is 20.3 Å². The summed E-state index contributed by atoms with van der Waals surface area (Å²) in [5.74, 6) is 0.324. The molecule has 0 spiro atoms. The molecule has 0 heterocycles. The van der Waals surface area contributed by atoms with E-state index < -0.39 is 0 Å². The molecule has 1 N–H and O–H groups in total. The highest BCUT2D eigenvalue weighted by Gasteiger charge is 2.11. The summed E-state index contributed by atoms with van der Waals surface area (Å²) in [5, 5.41) is 15.0. The highest BCUT2D eigenvalue weighted by Crippen LogP contribution is 2.39. The van der Waals surface area contributed by atoms with Gasteiger partial charge >= 0.3 is 0 Å². The topological polar surface area (TPSA) is 20.2 Å². The summed E-state index contributed by atoms with van der Waals surface area (Å²) in [6, 6.07) is 26.4. The standard InChI is InChI=1S/C20H14O.C3H8/c21-19-13-12-15-7-2-4-10-17(15)20(19)18-11-5-8-14-6-1-3-9-16(14)18;1-3-2/h1-13,21H;3H2,1-2H3. The first-order valence-corrected chi connectivity index (χ1v) is 8.45. The molecule has 0 radical (unpaired) electrons. The number of fused-ring (bicyclic) bond motifs is 2. The van der Waals surface area contributed by atoms with E-state index in [1.165, 1.54) is 11.8 Å². The van der Waals surface area contributed by atoms with Crippen LogP contribution in [0.2, 0.25) is 0 Å². The van der Waals surface area contributed by atoms with Crippen LogP contribution in [0.3, 0.4) is 0 Å². The van der Waals surface area contributed by atoms with Crippen LogP contribution in [0.15, 0.2) is 78.9 Å². The van der Waals surface area contributed by atoms with Gasteiger partial charge in [-0.2, -0.15) is 0 Å². The molecular weight excluding hydrogens is 292 g/mol. The number of hydrogen-bond acceptors (Lipinski definition) is 1. The second-order valence-electron chi connectivity index (χ2n) is 5.91. The van der Waals surface area contributed by atoms with Gasteiger partial charge in [0.15, 0.2) is 0 Å². The van der Waals surface area contributed by atoms with Gasteiger partial charge in [-0.15, -0.1) is 0 Å². The monoisotopic (exact) mass is 314 g/mol. The summed E-state index contributed by atoms with van der Waals surface area (Å²) in [4.78, 5) is 0. The Balaban J connectivity index is 0.000000526. The lowest BCUT2D eigenvalue weighted by Gasteiger charge is -2.12. The normalized spacial score (nSPS) is 10.4. The van der Waals surface area contributed by atoms with Crippen LogP contribution in [0.5, 0.6) is 5.75 Å². The molecule has 4 rings (SSSR count). The van der Waals surface area contributed by atoms with Crippen LogP contribution < -0.4 is 0 Å². The predicted octanol–water partition coefficient (Wildman–Crippen LogP) is 6.78. The zero-order valence-corrected chi connectivity index (χ0v) is 14.2. The summed E-state index contributed by atoms with van der Waals surface area (Å²) >= 11 is 0. The lowest BCUT2D eigenvalue weighted by molar-refractivity contribution is 0.478. The van der Waals surface area contributed by atoms with Crippen LogP contribution in [0.25, 0.3) is 32.7 Å². The maximum Gasteiger partial charge on any atom is 0.124 e. The third-order valence-electron chi connectivity index (χ3n) is 3.97. The predicted molar refractivity (Wildman–Crippen MR) is 105 cm³/mol. The van der Waals surface area contributed by atoms with Crippen LogP contribution in [0.1, 0.15) is 20.3 Å². The highest BCUT2D eigenvalue weighted by atomic mass is 16.3. The van der Waals surface area contributed by atoms with Crippen molar-refractivity contribution >= 4 is 21.5 Å². The molecule has 0 atom stereocenters. The molecule has 0 unspecified atom stereocenters. The Hall–Kier alpha value is -2.80. The first kappa shape index (κ1) is 16.1. The summed E-state index contributed by atoms with van der Waals surface area (Å²) in [7, 11) is 0. The largest absolute Gasteiger partial charge is 0.507 e. The van der Waals surface area contributed by atoms with Crippen LogP contribution in [0, 0.1) is 0 Å². The van der Waals surface area contributed by atoms with Crippen molar-refractivity contribution in [3.63, 3.8) is 0 Å². The van der Waals surface area contributed by atoms with E-state index in [9.17, 15) is 5.11 Å². The zero-order valence-electron chi connectivity index (χ0n) is 14.2. The summed E-state index contributed by atoms with van der Waals surface area (Å²) in [6.07, 6.45) is 1.25. The van der Waals surface area contributed by atoms with Crippen molar-refractivity contribution in [3.05, 3.63) is 78.9 Å². The van der Waals surface area contributed by atoms with Crippen LogP contribution >= 0.6 is 0 Å². The van der Waals surface area contributed by atoms with Gasteiger partial charge < -0.3 is 5.11 Å². The van der Waals surface area contributed by atoms with E-state index in [0.29, 0.717) is 5.75 Å². The molecular formula is C23H22O. The minimum atomic E-state index is 0.324. The molecule has 0 aliphatic rings. The third-order valence-corrected chi connectivity index (χ3v) is 3.97. The second kappa shape index (κ2) is 7.18. The highest BCUT2D eigenvalue weighted by molar-refractivity contribution is 6.07. The van der Waals surface area contributed by atoms with Crippen molar-refractivity contribution in [2.75, 3.05) is 0 Å². The molecule has 0 aliphatic carbocycles. The van der Waals surface area contributed by atoms with Gasteiger partial charge in [-0.3, -0.25) is 0 Å². The van der Waals surface area contributed by atoms with E-state index in [0.717, 1.165) is 27.3 Å². The quantitative estimate of drug-likeness (QED) is 0.410. The molecule has 1 nitrogen and oxygen atoms in total. The zero-order chi connectivity index (χ0) is 16.9. The maximum absolute atomic E-state index is 10.4. The second-order valence-corrected chi connectivity index (χ2v) is 5.91. The Morgan fingerprint density at radius 1 is 0.625 bits per heavy atom. The molecule has 4 aromatic carbocycles. The molecule has 0 aromatic heterocycles. The first-order valence-electron chi connectivity index (χ1n) is 8.45. The molecule has 0 amide bonds. The molecule has 0 saturated heterocycles. The van der Waals surface area contributed by atoms with E-state index in [1.807, 2.05) is 36.4 Å². The van der Waals surface area contributed by atoms with E-state index in [-0.39, 0.29) is 0 Å². The van der Waals surface area contributed by atoms with Gasteiger partial charge in [0.2, 0.25) is 0 Å². The van der Waals surface area contributed by atoms with Gasteiger partial charge in [-0.05, 0) is 33.2 Å². The number of benzene rings is 4. The fourth-order valence-electron chi connectivity index (χ4n) is 2.99. The average molecular weight is 314 g/mol.